The number of sulfone groups is 1. The number of rotatable bonds is 8. The maximum atomic E-state index is 13.8. The first-order chi connectivity index (χ1) is 15.4. The third-order valence-electron chi connectivity index (χ3n) is 5.29. The lowest BCUT2D eigenvalue weighted by molar-refractivity contribution is -0.134. The molecule has 2 heterocycles. The van der Waals surface area contributed by atoms with E-state index in [0.29, 0.717) is 0 Å². The number of hydrogen-bond acceptors (Lipinski definition) is 7. The molecule has 0 saturated carbocycles. The Morgan fingerprint density at radius 2 is 1.79 bits per heavy atom. The van der Waals surface area contributed by atoms with Crippen molar-refractivity contribution in [3.8, 4) is 0 Å². The zero-order valence-corrected chi connectivity index (χ0v) is 20.9. The molecule has 0 aliphatic carbocycles. The Balaban J connectivity index is 0.00000408. The summed E-state index contributed by atoms with van der Waals surface area (Å²) in [4.78, 5) is 17.3. The number of nitrogens with zero attached hydrogens (tertiary/aromatic N) is 2. The van der Waals surface area contributed by atoms with E-state index in [1.165, 1.54) is 30.6 Å². The van der Waals surface area contributed by atoms with Crippen LogP contribution in [0.25, 0.3) is 0 Å². The summed E-state index contributed by atoms with van der Waals surface area (Å²) in [5.74, 6) is -0.849. The van der Waals surface area contributed by atoms with Gasteiger partial charge in [0.05, 0.1) is 10.6 Å². The Labute approximate surface area is 206 Å². The topological polar surface area (TPSA) is 135 Å². The molecule has 2 aromatic heterocycles. The van der Waals surface area contributed by atoms with Gasteiger partial charge in [0.2, 0.25) is 9.84 Å². The Morgan fingerprint density at radius 3 is 2.41 bits per heavy atom. The fourth-order valence-corrected chi connectivity index (χ4v) is 5.05. The molecule has 0 bridgehead atoms. The van der Waals surface area contributed by atoms with Crippen molar-refractivity contribution < 1.29 is 18.3 Å². The third-order valence-corrected chi connectivity index (χ3v) is 7.46. The summed E-state index contributed by atoms with van der Waals surface area (Å²) in [6.07, 6.45) is 2.71. The molecule has 0 aliphatic rings. The predicted molar refractivity (Wildman–Crippen MR) is 134 cm³/mol. The molecule has 1 unspecified atom stereocenters. The van der Waals surface area contributed by atoms with Crippen LogP contribution in [-0.4, -0.2) is 36.0 Å². The molecule has 1 aromatic carbocycles. The maximum absolute atomic E-state index is 13.8. The highest BCUT2D eigenvalue weighted by atomic mass is 35.5. The Morgan fingerprint density at radius 1 is 1.09 bits per heavy atom. The molecule has 0 fully saturated rings. The van der Waals surface area contributed by atoms with Gasteiger partial charge in [0, 0.05) is 18.8 Å². The number of aliphatic carboxylic acids is 1. The highest BCUT2D eigenvalue weighted by Gasteiger charge is 2.44. The number of anilines is 1. The minimum Gasteiger partial charge on any atom is -0.480 e. The number of benzene rings is 1. The summed E-state index contributed by atoms with van der Waals surface area (Å²) < 4.78 is 27.6. The molecule has 10 heteroatoms. The molecular weight excluding hydrogens is 476 g/mol. The summed E-state index contributed by atoms with van der Waals surface area (Å²) in [6.45, 7) is 5.87. The minimum atomic E-state index is -4.14. The Kier molecular flexibility index (Phi) is 8.41. The Hall–Kier alpha value is -3.01. The van der Waals surface area contributed by atoms with Gasteiger partial charge in [0.15, 0.2) is 4.87 Å². The van der Waals surface area contributed by atoms with Gasteiger partial charge < -0.3 is 16.2 Å². The van der Waals surface area contributed by atoms with Crippen LogP contribution >= 0.6 is 12.4 Å². The second kappa shape index (κ2) is 10.5. The summed E-state index contributed by atoms with van der Waals surface area (Å²) in [5.41, 5.74) is 8.48. The van der Waals surface area contributed by atoms with Crippen LogP contribution in [0.3, 0.4) is 0 Å². The zero-order chi connectivity index (χ0) is 24.3. The van der Waals surface area contributed by atoms with Crippen molar-refractivity contribution in [1.82, 2.24) is 9.97 Å². The van der Waals surface area contributed by atoms with Crippen molar-refractivity contribution in [3.05, 3.63) is 83.8 Å². The normalized spacial score (nSPS) is 13.4. The number of carboxylic acid groups (broad SMARTS) is 1. The smallest absolute Gasteiger partial charge is 0.322 e. The molecule has 0 radical (unpaired) electrons. The first kappa shape index (κ1) is 27.2. The van der Waals surface area contributed by atoms with Gasteiger partial charge in [-0.25, -0.2) is 13.4 Å². The van der Waals surface area contributed by atoms with E-state index in [4.69, 9.17) is 10.8 Å². The lowest BCUT2D eigenvalue weighted by Gasteiger charge is -2.30. The van der Waals surface area contributed by atoms with E-state index >= 15 is 0 Å². The number of aromatic nitrogens is 2. The summed E-state index contributed by atoms with van der Waals surface area (Å²) in [7, 11) is -4.14. The summed E-state index contributed by atoms with van der Waals surface area (Å²) in [5, 5.41) is 11.6. The average molecular weight is 505 g/mol. The van der Waals surface area contributed by atoms with Crippen LogP contribution in [0.5, 0.6) is 0 Å². The van der Waals surface area contributed by atoms with E-state index < -0.39 is 20.7 Å². The van der Waals surface area contributed by atoms with Gasteiger partial charge in [-0.05, 0) is 40.8 Å². The van der Waals surface area contributed by atoms with Gasteiger partial charge in [0.25, 0.3) is 0 Å². The van der Waals surface area contributed by atoms with Crippen molar-refractivity contribution >= 4 is 34.0 Å². The predicted octanol–water partition coefficient (Wildman–Crippen LogP) is 3.52. The van der Waals surface area contributed by atoms with E-state index in [1.54, 1.807) is 12.1 Å². The maximum Gasteiger partial charge on any atom is 0.322 e. The highest BCUT2D eigenvalue weighted by Crippen LogP contribution is 2.34. The van der Waals surface area contributed by atoms with E-state index in [2.05, 4.69) is 36.1 Å². The number of pyridine rings is 2. The second-order valence-electron chi connectivity index (χ2n) is 8.86. The fraction of sp³-hybridized carbons (Fsp3) is 0.292. The SMILES string of the molecule is CC(C)(C)c1cccc(CC(N)(c2cccc(NCC(=O)O)n2)S(=O)(=O)c2cccnc2)c1.Cl. The highest BCUT2D eigenvalue weighted by molar-refractivity contribution is 7.92. The molecule has 3 rings (SSSR count). The van der Waals surface area contributed by atoms with Crippen LogP contribution < -0.4 is 11.1 Å². The van der Waals surface area contributed by atoms with Gasteiger partial charge in [0.1, 0.15) is 12.4 Å². The van der Waals surface area contributed by atoms with Crippen molar-refractivity contribution in [2.45, 2.75) is 42.4 Å². The molecule has 0 saturated heterocycles. The van der Waals surface area contributed by atoms with Crippen molar-refractivity contribution in [1.29, 1.82) is 0 Å². The second-order valence-corrected chi connectivity index (χ2v) is 11.1. The molecule has 182 valence electrons. The van der Waals surface area contributed by atoms with Gasteiger partial charge in [-0.2, -0.15) is 0 Å². The first-order valence-corrected chi connectivity index (χ1v) is 11.9. The molecule has 0 amide bonds. The zero-order valence-electron chi connectivity index (χ0n) is 19.2. The number of carbonyl (C=O) groups is 1. The number of nitrogens with two attached hydrogens (primary N) is 1. The number of nitrogens with one attached hydrogen (secondary N) is 1. The molecule has 4 N–H and O–H groups in total. The van der Waals surface area contributed by atoms with Crippen LogP contribution in [-0.2, 0) is 31.3 Å². The van der Waals surface area contributed by atoms with Gasteiger partial charge in [-0.3, -0.25) is 9.78 Å². The molecule has 0 spiro atoms. The van der Waals surface area contributed by atoms with Crippen LogP contribution in [0, 0.1) is 0 Å². The van der Waals surface area contributed by atoms with E-state index in [1.807, 2.05) is 24.3 Å². The molecule has 34 heavy (non-hydrogen) atoms. The molecular formula is C24H29ClN4O4S. The van der Waals surface area contributed by atoms with Crippen LogP contribution in [0.2, 0.25) is 0 Å². The Bertz CT molecular complexity index is 1250. The van der Waals surface area contributed by atoms with E-state index in [9.17, 15) is 13.2 Å². The fourth-order valence-electron chi connectivity index (χ4n) is 3.43. The number of halogens is 1. The third kappa shape index (κ3) is 5.91. The van der Waals surface area contributed by atoms with Gasteiger partial charge in [-0.1, -0.05) is 51.1 Å². The van der Waals surface area contributed by atoms with Crippen LogP contribution in [0.1, 0.15) is 37.6 Å². The molecule has 0 aliphatic heterocycles. The molecule has 1 atom stereocenters. The summed E-state index contributed by atoms with van der Waals surface area (Å²) >= 11 is 0. The van der Waals surface area contributed by atoms with E-state index in [0.717, 1.165) is 11.1 Å². The van der Waals surface area contributed by atoms with Gasteiger partial charge in [-0.15, -0.1) is 12.4 Å². The van der Waals surface area contributed by atoms with Crippen LogP contribution in [0.15, 0.2) is 71.9 Å². The minimum absolute atomic E-state index is 0. The average Bonchev–Trinajstić information content (AvgIpc) is 2.78. The number of hydrogen-bond donors (Lipinski definition) is 3. The lowest BCUT2D eigenvalue weighted by atomic mass is 9.85. The lowest BCUT2D eigenvalue weighted by Crippen LogP contribution is -2.47. The molecule has 3 aromatic rings. The molecule has 8 nitrogen and oxygen atoms in total. The van der Waals surface area contributed by atoms with Crippen LogP contribution in [0.4, 0.5) is 5.82 Å². The first-order valence-electron chi connectivity index (χ1n) is 10.4. The monoisotopic (exact) mass is 504 g/mol. The van der Waals surface area contributed by atoms with Gasteiger partial charge >= 0.3 is 5.97 Å². The van der Waals surface area contributed by atoms with Crippen molar-refractivity contribution in [2.24, 2.45) is 5.73 Å². The quantitative estimate of drug-likeness (QED) is 0.424. The summed E-state index contributed by atoms with van der Waals surface area (Å²) in [6, 6.07) is 15.3. The largest absolute Gasteiger partial charge is 0.480 e. The van der Waals surface area contributed by atoms with Crippen molar-refractivity contribution in [2.75, 3.05) is 11.9 Å². The number of carboxylic acids is 1. The standard InChI is InChI=1S/C24H28N4O4S.ClH/c1-23(2,3)18-8-4-7-17(13-18)14-24(25,33(31,32)19-9-6-12-26-15-19)20-10-5-11-21(28-20)27-16-22(29)30;/h4-13,15H,14,16,25H2,1-3H3,(H,27,28)(H,29,30);1H. The van der Waals surface area contributed by atoms with Crippen molar-refractivity contribution in [3.63, 3.8) is 0 Å². The van der Waals surface area contributed by atoms with E-state index in [-0.39, 0.29) is 47.2 Å².